The monoisotopic (exact) mass is 277 g/mol. The Morgan fingerprint density at radius 3 is 2.74 bits per heavy atom. The van der Waals surface area contributed by atoms with Gasteiger partial charge in [0.25, 0.3) is 0 Å². The van der Waals surface area contributed by atoms with Gasteiger partial charge in [0, 0.05) is 28.2 Å². The molecule has 1 aromatic heterocycles. The SMILES string of the molecule is O=C(O)Cc1cc(=O)c2cc(Cl)ccc2n1C1CC1. The predicted octanol–water partition coefficient (Wildman–Crippen LogP) is 2.62. The van der Waals surface area contributed by atoms with E-state index < -0.39 is 5.97 Å². The summed E-state index contributed by atoms with van der Waals surface area (Å²) in [5.74, 6) is -0.929. The van der Waals surface area contributed by atoms with E-state index in [2.05, 4.69) is 0 Å². The topological polar surface area (TPSA) is 59.3 Å². The molecule has 0 amide bonds. The first-order chi connectivity index (χ1) is 9.06. The number of aliphatic carboxylic acids is 1. The quantitative estimate of drug-likeness (QED) is 0.938. The maximum atomic E-state index is 12.1. The average molecular weight is 278 g/mol. The highest BCUT2D eigenvalue weighted by Crippen LogP contribution is 2.38. The molecule has 1 N–H and O–H groups in total. The zero-order valence-corrected chi connectivity index (χ0v) is 10.9. The molecule has 19 heavy (non-hydrogen) atoms. The summed E-state index contributed by atoms with van der Waals surface area (Å²) in [4.78, 5) is 23.0. The van der Waals surface area contributed by atoms with Crippen molar-refractivity contribution in [1.29, 1.82) is 0 Å². The summed E-state index contributed by atoms with van der Waals surface area (Å²) >= 11 is 5.92. The van der Waals surface area contributed by atoms with Gasteiger partial charge < -0.3 is 9.67 Å². The number of aromatic nitrogens is 1. The largest absolute Gasteiger partial charge is 0.481 e. The molecule has 0 atom stereocenters. The van der Waals surface area contributed by atoms with Gasteiger partial charge in [-0.1, -0.05) is 11.6 Å². The Morgan fingerprint density at radius 1 is 1.37 bits per heavy atom. The summed E-state index contributed by atoms with van der Waals surface area (Å²) in [5.41, 5.74) is 1.16. The molecule has 1 heterocycles. The molecule has 1 aliphatic rings. The summed E-state index contributed by atoms with van der Waals surface area (Å²) in [6, 6.07) is 6.89. The van der Waals surface area contributed by atoms with E-state index in [1.165, 1.54) is 6.07 Å². The Balaban J connectivity index is 2.32. The second-order valence-electron chi connectivity index (χ2n) is 4.83. The van der Waals surface area contributed by atoms with Gasteiger partial charge >= 0.3 is 5.97 Å². The smallest absolute Gasteiger partial charge is 0.309 e. The van der Waals surface area contributed by atoms with Crippen molar-refractivity contribution in [3.63, 3.8) is 0 Å². The van der Waals surface area contributed by atoms with Crippen LogP contribution in [-0.4, -0.2) is 15.6 Å². The van der Waals surface area contributed by atoms with E-state index in [4.69, 9.17) is 16.7 Å². The number of fused-ring (bicyclic) bond motifs is 1. The molecular weight excluding hydrogens is 266 g/mol. The Hall–Kier alpha value is -1.81. The summed E-state index contributed by atoms with van der Waals surface area (Å²) in [6.45, 7) is 0. The van der Waals surface area contributed by atoms with Crippen LogP contribution in [0.15, 0.2) is 29.1 Å². The molecule has 1 aliphatic carbocycles. The van der Waals surface area contributed by atoms with Crippen LogP contribution in [0.1, 0.15) is 24.6 Å². The van der Waals surface area contributed by atoms with Crippen molar-refractivity contribution in [2.45, 2.75) is 25.3 Å². The normalized spacial score (nSPS) is 14.8. The van der Waals surface area contributed by atoms with Crippen LogP contribution in [-0.2, 0) is 11.2 Å². The standard InChI is InChI=1S/C14H12ClNO3/c15-8-1-4-12-11(5-8)13(17)6-10(7-14(18)19)16(12)9-2-3-9/h1,4-6,9H,2-3,7H2,(H,18,19). The van der Waals surface area contributed by atoms with Crippen LogP contribution in [0, 0.1) is 0 Å². The highest BCUT2D eigenvalue weighted by Gasteiger charge is 2.27. The molecule has 1 aromatic carbocycles. The second kappa shape index (κ2) is 4.38. The van der Waals surface area contributed by atoms with Crippen LogP contribution in [0.3, 0.4) is 0 Å². The van der Waals surface area contributed by atoms with Gasteiger partial charge in [-0.25, -0.2) is 0 Å². The van der Waals surface area contributed by atoms with E-state index in [1.54, 1.807) is 18.2 Å². The minimum Gasteiger partial charge on any atom is -0.481 e. The van der Waals surface area contributed by atoms with Gasteiger partial charge in [-0.2, -0.15) is 0 Å². The Morgan fingerprint density at radius 2 is 2.11 bits per heavy atom. The molecule has 3 rings (SSSR count). The number of hydrogen-bond acceptors (Lipinski definition) is 2. The fourth-order valence-electron chi connectivity index (χ4n) is 2.42. The number of carboxylic acid groups (broad SMARTS) is 1. The summed E-state index contributed by atoms with van der Waals surface area (Å²) in [5, 5.41) is 10.0. The van der Waals surface area contributed by atoms with Crippen molar-refractivity contribution in [3.8, 4) is 0 Å². The van der Waals surface area contributed by atoms with Crippen LogP contribution in [0.2, 0.25) is 5.02 Å². The van der Waals surface area contributed by atoms with E-state index in [9.17, 15) is 9.59 Å². The molecular formula is C14H12ClNO3. The van der Waals surface area contributed by atoms with Crippen LogP contribution >= 0.6 is 11.6 Å². The van der Waals surface area contributed by atoms with Crippen molar-refractivity contribution in [2.75, 3.05) is 0 Å². The van der Waals surface area contributed by atoms with E-state index in [1.807, 2.05) is 4.57 Å². The maximum absolute atomic E-state index is 12.1. The second-order valence-corrected chi connectivity index (χ2v) is 5.27. The lowest BCUT2D eigenvalue weighted by Crippen LogP contribution is -2.16. The van der Waals surface area contributed by atoms with Gasteiger partial charge in [-0.3, -0.25) is 9.59 Å². The fourth-order valence-corrected chi connectivity index (χ4v) is 2.60. The molecule has 0 aliphatic heterocycles. The number of benzene rings is 1. The van der Waals surface area contributed by atoms with E-state index in [0.29, 0.717) is 22.1 Å². The summed E-state index contributed by atoms with van der Waals surface area (Å²) in [7, 11) is 0. The lowest BCUT2D eigenvalue weighted by molar-refractivity contribution is -0.136. The van der Waals surface area contributed by atoms with Crippen LogP contribution in [0.4, 0.5) is 0 Å². The zero-order chi connectivity index (χ0) is 13.6. The predicted molar refractivity (Wildman–Crippen MR) is 72.8 cm³/mol. The molecule has 0 saturated heterocycles. The number of pyridine rings is 1. The minimum atomic E-state index is -0.929. The van der Waals surface area contributed by atoms with Crippen molar-refractivity contribution in [2.24, 2.45) is 0 Å². The molecule has 5 heteroatoms. The number of hydrogen-bond donors (Lipinski definition) is 1. The van der Waals surface area contributed by atoms with Crippen LogP contribution < -0.4 is 5.43 Å². The third-order valence-electron chi connectivity index (χ3n) is 3.34. The van der Waals surface area contributed by atoms with Gasteiger partial charge in [0.1, 0.15) is 0 Å². The van der Waals surface area contributed by atoms with Gasteiger partial charge in [-0.15, -0.1) is 0 Å². The van der Waals surface area contributed by atoms with Crippen molar-refractivity contribution >= 4 is 28.5 Å². The molecule has 1 fully saturated rings. The van der Waals surface area contributed by atoms with E-state index in [-0.39, 0.29) is 11.8 Å². The molecule has 98 valence electrons. The molecule has 1 saturated carbocycles. The lowest BCUT2D eigenvalue weighted by Gasteiger charge is -2.15. The van der Waals surface area contributed by atoms with Gasteiger partial charge in [0.2, 0.25) is 0 Å². The van der Waals surface area contributed by atoms with Crippen molar-refractivity contribution in [3.05, 3.63) is 45.2 Å². The first-order valence-electron chi connectivity index (χ1n) is 6.12. The van der Waals surface area contributed by atoms with Crippen molar-refractivity contribution in [1.82, 2.24) is 4.57 Å². The maximum Gasteiger partial charge on any atom is 0.309 e. The van der Waals surface area contributed by atoms with E-state index >= 15 is 0 Å². The lowest BCUT2D eigenvalue weighted by atomic mass is 10.1. The zero-order valence-electron chi connectivity index (χ0n) is 10.1. The fraction of sp³-hybridized carbons (Fsp3) is 0.286. The Bertz CT molecular complexity index is 731. The molecule has 0 bridgehead atoms. The number of halogens is 1. The number of carbonyl (C=O) groups is 1. The van der Waals surface area contributed by atoms with Gasteiger partial charge in [0.15, 0.2) is 5.43 Å². The third-order valence-corrected chi connectivity index (χ3v) is 3.57. The first kappa shape index (κ1) is 12.2. The molecule has 0 spiro atoms. The Kier molecular flexibility index (Phi) is 2.82. The number of nitrogens with zero attached hydrogens (tertiary/aromatic N) is 1. The molecule has 0 unspecified atom stereocenters. The van der Waals surface area contributed by atoms with Gasteiger partial charge in [-0.05, 0) is 31.0 Å². The summed E-state index contributed by atoms with van der Waals surface area (Å²) < 4.78 is 1.97. The van der Waals surface area contributed by atoms with Crippen molar-refractivity contribution < 1.29 is 9.90 Å². The number of carboxylic acids is 1. The highest BCUT2D eigenvalue weighted by atomic mass is 35.5. The minimum absolute atomic E-state index is 0.135. The van der Waals surface area contributed by atoms with Crippen LogP contribution in [0.5, 0.6) is 0 Å². The third kappa shape index (κ3) is 2.24. The molecule has 4 nitrogen and oxygen atoms in total. The Labute approximate surface area is 114 Å². The average Bonchev–Trinajstić information content (AvgIpc) is 3.13. The first-order valence-corrected chi connectivity index (χ1v) is 6.49. The van der Waals surface area contributed by atoms with E-state index in [0.717, 1.165) is 18.4 Å². The number of rotatable bonds is 3. The molecule has 0 radical (unpaired) electrons. The van der Waals surface area contributed by atoms with Gasteiger partial charge in [0.05, 0.1) is 11.9 Å². The van der Waals surface area contributed by atoms with Crippen LogP contribution in [0.25, 0.3) is 10.9 Å². The highest BCUT2D eigenvalue weighted by molar-refractivity contribution is 6.31. The summed E-state index contributed by atoms with van der Waals surface area (Å²) in [6.07, 6.45) is 1.91. The molecule has 2 aromatic rings.